The second-order valence-corrected chi connectivity index (χ2v) is 20.5. The second kappa shape index (κ2) is 19.8. The van der Waals surface area contributed by atoms with E-state index in [1.54, 1.807) is 35.0 Å². The van der Waals surface area contributed by atoms with Crippen molar-refractivity contribution in [3.63, 3.8) is 0 Å². The Morgan fingerprint density at radius 2 is 1.33 bits per heavy atom. The third kappa shape index (κ3) is 9.43. The molecule has 67 heavy (non-hydrogen) atoms. The van der Waals surface area contributed by atoms with Gasteiger partial charge in [-0.2, -0.15) is 0 Å². The van der Waals surface area contributed by atoms with E-state index in [9.17, 15) is 24.9 Å². The maximum atomic E-state index is 13.8. The summed E-state index contributed by atoms with van der Waals surface area (Å²) in [6, 6.07) is 0. The molecule has 0 unspecified atom stereocenters. The number of hydrogen-bond acceptors (Lipinski definition) is 19. The van der Waals surface area contributed by atoms with Gasteiger partial charge in [0.25, 0.3) is 0 Å². The van der Waals surface area contributed by atoms with Crippen molar-refractivity contribution in [2.45, 2.75) is 215 Å². The first-order valence-electron chi connectivity index (χ1n) is 24.3. The SMILES string of the molecule is CO[C@@H]1[C@@H](O)[C@H](O[C@H]2CC[C@@]3(C)C(=CC[C@H]4C(=O)O[C@@H]5CO[C@]6(C)OC(=O)/C(=C\C[C@@H]43)[C@H]56)C2)O[C@H](C)[C@H]1O[C@H]1C[C@H](O)[C@H](O[C@@H]2C[C@@H](OC)[C@@H](O[C@H]3C[C@H](OC)[C@H](O)[C@H](C)O3)[C@H](C)O2)[C@@H](C)O1. The molecule has 6 saturated heterocycles. The number of rotatable bonds is 11. The first-order valence-corrected chi connectivity index (χ1v) is 24.3. The summed E-state index contributed by atoms with van der Waals surface area (Å²) < 4.78 is 85.2. The highest BCUT2D eigenvalue weighted by atomic mass is 16.8. The zero-order chi connectivity index (χ0) is 47.7. The number of carbonyl (C=O) groups is 2. The Morgan fingerprint density at radius 1 is 0.687 bits per heavy atom. The van der Waals surface area contributed by atoms with Crippen LogP contribution in [0.3, 0.4) is 0 Å². The lowest BCUT2D eigenvalue weighted by molar-refractivity contribution is -0.356. The zero-order valence-electron chi connectivity index (χ0n) is 40.1. The van der Waals surface area contributed by atoms with Crippen LogP contribution >= 0.6 is 0 Å². The lowest BCUT2D eigenvalue weighted by Gasteiger charge is -2.51. The van der Waals surface area contributed by atoms with Crippen molar-refractivity contribution in [2.75, 3.05) is 27.9 Å². The summed E-state index contributed by atoms with van der Waals surface area (Å²) in [5.41, 5.74) is 1.35. The van der Waals surface area contributed by atoms with E-state index in [1.165, 1.54) is 12.7 Å². The number of allylic oxidation sites excluding steroid dienone is 2. The molecule has 0 aromatic carbocycles. The van der Waals surface area contributed by atoms with Gasteiger partial charge in [0.2, 0.25) is 5.79 Å². The van der Waals surface area contributed by atoms with E-state index in [2.05, 4.69) is 13.0 Å². The lowest BCUT2D eigenvalue weighted by Crippen LogP contribution is -2.61. The average Bonchev–Trinajstić information content (AvgIpc) is 3.75. The van der Waals surface area contributed by atoms with Crippen molar-refractivity contribution in [3.05, 3.63) is 23.3 Å². The molecule has 9 aliphatic rings. The van der Waals surface area contributed by atoms with E-state index >= 15 is 0 Å². The highest BCUT2D eigenvalue weighted by Gasteiger charge is 2.62. The number of hydrogen-bond donors (Lipinski definition) is 3. The summed E-state index contributed by atoms with van der Waals surface area (Å²) in [5, 5.41) is 33.5. The maximum absolute atomic E-state index is 13.8. The molecule has 19 heteroatoms. The molecule has 0 radical (unpaired) electrons. The van der Waals surface area contributed by atoms with Crippen LogP contribution in [0.15, 0.2) is 23.3 Å². The van der Waals surface area contributed by atoms with Crippen molar-refractivity contribution in [2.24, 2.45) is 23.2 Å². The minimum Gasteiger partial charge on any atom is -0.459 e. The van der Waals surface area contributed by atoms with Gasteiger partial charge in [-0.3, -0.25) is 4.79 Å². The quantitative estimate of drug-likeness (QED) is 0.200. The fraction of sp³-hybridized carbons (Fsp3) is 0.875. The number of ether oxygens (including phenoxy) is 14. The van der Waals surface area contributed by atoms with E-state index in [0.717, 1.165) is 0 Å². The third-order valence-corrected chi connectivity index (χ3v) is 16.4. The van der Waals surface area contributed by atoms with Gasteiger partial charge in [-0.1, -0.05) is 24.6 Å². The smallest absolute Gasteiger partial charge is 0.336 e. The normalized spacial score (nSPS) is 51.9. The molecule has 378 valence electrons. The second-order valence-electron chi connectivity index (χ2n) is 20.5. The fourth-order valence-corrected chi connectivity index (χ4v) is 12.6. The van der Waals surface area contributed by atoms with E-state index in [-0.39, 0.29) is 42.4 Å². The van der Waals surface area contributed by atoms with Crippen molar-refractivity contribution in [3.8, 4) is 0 Å². The monoisotopic (exact) mass is 952 g/mol. The number of esters is 2. The molecule has 2 aliphatic carbocycles. The molecule has 7 heterocycles. The summed E-state index contributed by atoms with van der Waals surface area (Å²) in [5.74, 6) is -2.75. The first-order chi connectivity index (χ1) is 31.9. The van der Waals surface area contributed by atoms with Crippen LogP contribution in [-0.4, -0.2) is 178 Å². The number of carbonyl (C=O) groups excluding carboxylic acids is 2. The zero-order valence-corrected chi connectivity index (χ0v) is 40.1. The van der Waals surface area contributed by atoms with Gasteiger partial charge in [0, 0.05) is 53.1 Å². The minimum atomic E-state index is -1.21. The molecule has 1 saturated carbocycles. The van der Waals surface area contributed by atoms with E-state index in [4.69, 9.17) is 66.3 Å². The van der Waals surface area contributed by atoms with Crippen molar-refractivity contribution in [1.29, 1.82) is 0 Å². The average molecular weight is 953 g/mol. The van der Waals surface area contributed by atoms with Crippen LogP contribution in [0, 0.1) is 23.2 Å². The van der Waals surface area contributed by atoms with Crippen molar-refractivity contribution in [1.82, 2.24) is 0 Å². The molecule has 0 aromatic heterocycles. The van der Waals surface area contributed by atoms with Crippen LogP contribution in [0.4, 0.5) is 0 Å². The van der Waals surface area contributed by atoms with Crippen LogP contribution in [-0.2, 0) is 75.9 Å². The number of methoxy groups -OCH3 is 3. The van der Waals surface area contributed by atoms with Crippen LogP contribution in [0.25, 0.3) is 0 Å². The lowest BCUT2D eigenvalue weighted by atomic mass is 9.55. The summed E-state index contributed by atoms with van der Waals surface area (Å²) in [6.45, 7) is 11.4. The van der Waals surface area contributed by atoms with Gasteiger partial charge in [-0.05, 0) is 71.1 Å². The number of aliphatic hydroxyl groups excluding tert-OH is 3. The summed E-state index contributed by atoms with van der Waals surface area (Å²) in [6.07, 6.45) is -5.11. The number of fused-ring (bicyclic) bond motifs is 3. The predicted molar refractivity (Wildman–Crippen MR) is 229 cm³/mol. The van der Waals surface area contributed by atoms with E-state index in [0.29, 0.717) is 50.5 Å². The molecule has 0 bridgehead atoms. The van der Waals surface area contributed by atoms with Crippen LogP contribution in [0.2, 0.25) is 0 Å². The van der Waals surface area contributed by atoms with Gasteiger partial charge in [0.15, 0.2) is 25.2 Å². The molecule has 24 atom stereocenters. The largest absolute Gasteiger partial charge is 0.459 e. The Morgan fingerprint density at radius 3 is 2.03 bits per heavy atom. The standard InChI is InChI=1S/C48H72O19/c1-21-38(50)31(54-7)18-35(58-21)65-41-23(3)60-36(19-32(41)55-8)64-40-22(2)59-34(17-30(40)49)66-42-24(4)61-46(39(51)43(42)56-9)62-26-14-15-47(5)25(16-26)10-11-27-29(47)13-12-28-37-33(63-44(27)52)20-57-48(37,6)67-45(28)53/h10,12,21-24,26-27,29-43,46,49-51H,11,13-20H2,1-9H3/b28-12-/t21-,22+,23-,24+,26-,27+,29-,30-,31-,32+,33+,34-,35-,36+,37+,38+,39+,40+,41-,42+,43+,46-,47-,48+/m0/s1. The predicted octanol–water partition coefficient (Wildman–Crippen LogP) is 2.72. The highest BCUT2D eigenvalue weighted by Crippen LogP contribution is 2.56. The van der Waals surface area contributed by atoms with Crippen LogP contribution < -0.4 is 0 Å². The Bertz CT molecular complexity index is 1830. The Hall–Kier alpha value is -2.18. The molecule has 9 rings (SSSR count). The summed E-state index contributed by atoms with van der Waals surface area (Å²) in [4.78, 5) is 26.8. The van der Waals surface area contributed by atoms with Crippen molar-refractivity contribution < 1.29 is 91.2 Å². The van der Waals surface area contributed by atoms with Gasteiger partial charge < -0.3 is 81.6 Å². The molecule has 3 N–H and O–H groups in total. The highest BCUT2D eigenvalue weighted by molar-refractivity contribution is 5.92. The van der Waals surface area contributed by atoms with Gasteiger partial charge in [0.1, 0.15) is 42.7 Å². The molecule has 0 aromatic rings. The molecule has 7 aliphatic heterocycles. The van der Waals surface area contributed by atoms with Gasteiger partial charge >= 0.3 is 11.9 Å². The molecular weight excluding hydrogens is 881 g/mol. The molecule has 19 nitrogen and oxygen atoms in total. The first kappa shape index (κ1) is 49.8. The van der Waals surface area contributed by atoms with Gasteiger partial charge in [-0.25, -0.2) is 4.79 Å². The van der Waals surface area contributed by atoms with Gasteiger partial charge in [-0.15, -0.1) is 0 Å². The minimum absolute atomic E-state index is 0.0712. The Balaban J connectivity index is 0.777. The topological polar surface area (TPSA) is 224 Å². The third-order valence-electron chi connectivity index (χ3n) is 16.4. The van der Waals surface area contributed by atoms with Crippen LogP contribution in [0.1, 0.15) is 92.9 Å². The molecule has 0 amide bonds. The van der Waals surface area contributed by atoms with E-state index < -0.39 is 128 Å². The molecular formula is C48H72O19. The van der Waals surface area contributed by atoms with Gasteiger partial charge in [0.05, 0.1) is 67.3 Å². The maximum Gasteiger partial charge on any atom is 0.336 e. The number of aliphatic hydroxyl groups is 3. The van der Waals surface area contributed by atoms with E-state index in [1.807, 2.05) is 19.9 Å². The Labute approximate surface area is 392 Å². The summed E-state index contributed by atoms with van der Waals surface area (Å²) >= 11 is 0. The summed E-state index contributed by atoms with van der Waals surface area (Å²) in [7, 11) is 4.64. The Kier molecular flexibility index (Phi) is 14.7. The van der Waals surface area contributed by atoms with Crippen LogP contribution in [0.5, 0.6) is 0 Å². The molecule has 0 spiro atoms. The van der Waals surface area contributed by atoms with Crippen molar-refractivity contribution >= 4 is 11.9 Å². The fourth-order valence-electron chi connectivity index (χ4n) is 12.6. The molecule has 7 fully saturated rings.